The molecular weight excluding hydrogens is 204 g/mol. The van der Waals surface area contributed by atoms with Crippen molar-refractivity contribution < 1.29 is 14.6 Å². The van der Waals surface area contributed by atoms with Gasteiger partial charge in [-0.25, -0.2) is 0 Å². The van der Waals surface area contributed by atoms with Crippen LogP contribution < -0.4 is 4.74 Å². The number of aliphatic hydroxyl groups excluding tert-OH is 1. The zero-order valence-electron chi connectivity index (χ0n) is 8.82. The summed E-state index contributed by atoms with van der Waals surface area (Å²) in [5.41, 5.74) is 1.45. The molecule has 0 saturated heterocycles. The van der Waals surface area contributed by atoms with Crippen molar-refractivity contribution in [1.29, 1.82) is 0 Å². The topological polar surface area (TPSA) is 46.5 Å². The molecule has 0 unspecified atom stereocenters. The minimum absolute atomic E-state index is 0.0624. The number of Topliss-reactive ketones (excluding diaryl/α,β-unsaturated/α-hetero) is 1. The van der Waals surface area contributed by atoms with Crippen molar-refractivity contribution in [2.45, 2.75) is 12.8 Å². The summed E-state index contributed by atoms with van der Waals surface area (Å²) >= 11 is 0. The maximum Gasteiger partial charge on any atom is 0.169 e. The minimum atomic E-state index is 0.0624. The molecule has 1 aliphatic heterocycles. The van der Waals surface area contributed by atoms with Gasteiger partial charge in [-0.15, -0.1) is 0 Å². The van der Waals surface area contributed by atoms with Crippen LogP contribution >= 0.6 is 0 Å². The van der Waals surface area contributed by atoms with E-state index in [0.717, 1.165) is 5.56 Å². The molecule has 2 rings (SSSR count). The van der Waals surface area contributed by atoms with Gasteiger partial charge < -0.3 is 9.84 Å². The third-order valence-corrected chi connectivity index (χ3v) is 2.34. The number of hydrogen-bond acceptors (Lipinski definition) is 3. The maximum atomic E-state index is 11.5. The van der Waals surface area contributed by atoms with Crippen molar-refractivity contribution in [3.05, 3.63) is 29.3 Å². The summed E-state index contributed by atoms with van der Waals surface area (Å²) in [4.78, 5) is 11.5. The molecule has 0 saturated carbocycles. The van der Waals surface area contributed by atoms with Gasteiger partial charge in [-0.05, 0) is 18.2 Å². The number of carbonyl (C=O) groups is 1. The van der Waals surface area contributed by atoms with Crippen molar-refractivity contribution in [2.24, 2.45) is 0 Å². The number of ketones is 1. The number of fused-ring (bicyclic) bond motifs is 1. The predicted octanol–water partition coefficient (Wildman–Crippen LogP) is 1.39. The van der Waals surface area contributed by atoms with Crippen molar-refractivity contribution in [3.63, 3.8) is 0 Å². The number of aliphatic hydroxyl groups is 1. The fraction of sp³-hybridized carbons (Fsp3) is 0.308. The Balaban J connectivity index is 2.26. The molecule has 0 bridgehead atoms. The minimum Gasteiger partial charge on any atom is -0.492 e. The van der Waals surface area contributed by atoms with E-state index in [1.165, 1.54) is 0 Å². The lowest BCUT2D eigenvalue weighted by Crippen LogP contribution is -2.15. The molecule has 1 aromatic rings. The molecule has 0 radical (unpaired) electrons. The van der Waals surface area contributed by atoms with E-state index in [9.17, 15) is 4.79 Å². The summed E-state index contributed by atoms with van der Waals surface area (Å²) in [6.45, 7) is 0.506. The van der Waals surface area contributed by atoms with Crippen LogP contribution in [0, 0.1) is 11.8 Å². The highest BCUT2D eigenvalue weighted by molar-refractivity contribution is 5.99. The van der Waals surface area contributed by atoms with E-state index < -0.39 is 0 Å². The number of hydrogen-bond donors (Lipinski definition) is 1. The zero-order chi connectivity index (χ0) is 11.4. The van der Waals surface area contributed by atoms with E-state index in [1.807, 2.05) is 0 Å². The van der Waals surface area contributed by atoms with Gasteiger partial charge in [0.2, 0.25) is 0 Å². The van der Waals surface area contributed by atoms with Gasteiger partial charge in [-0.3, -0.25) is 4.79 Å². The van der Waals surface area contributed by atoms with Crippen LogP contribution in [0.15, 0.2) is 18.2 Å². The second-order valence-electron chi connectivity index (χ2n) is 3.51. The second-order valence-corrected chi connectivity index (χ2v) is 3.51. The molecule has 0 spiro atoms. The summed E-state index contributed by atoms with van der Waals surface area (Å²) in [6, 6.07) is 5.33. The smallest absolute Gasteiger partial charge is 0.169 e. The number of benzene rings is 1. The molecule has 3 heteroatoms. The van der Waals surface area contributed by atoms with Crippen LogP contribution in [0.25, 0.3) is 0 Å². The molecule has 1 heterocycles. The highest BCUT2D eigenvalue weighted by atomic mass is 16.5. The maximum absolute atomic E-state index is 11.5. The number of carbonyl (C=O) groups excluding carboxylic acids is 1. The first-order chi connectivity index (χ1) is 7.81. The molecular formula is C13H12O3. The van der Waals surface area contributed by atoms with Gasteiger partial charge in [0.1, 0.15) is 5.75 Å². The molecule has 0 aliphatic carbocycles. The zero-order valence-corrected chi connectivity index (χ0v) is 8.82. The Labute approximate surface area is 94.0 Å². The third kappa shape index (κ3) is 2.23. The van der Waals surface area contributed by atoms with E-state index in [-0.39, 0.29) is 12.4 Å². The summed E-state index contributed by atoms with van der Waals surface area (Å²) in [5, 5.41) is 8.60. The molecule has 1 aliphatic rings. The average molecular weight is 216 g/mol. The van der Waals surface area contributed by atoms with Crippen LogP contribution in [0.4, 0.5) is 0 Å². The molecule has 1 aromatic carbocycles. The van der Waals surface area contributed by atoms with Gasteiger partial charge >= 0.3 is 0 Å². The monoisotopic (exact) mass is 216 g/mol. The lowest BCUT2D eigenvalue weighted by molar-refractivity contribution is 0.0933. The Bertz CT molecular complexity index is 466. The first kappa shape index (κ1) is 10.7. The van der Waals surface area contributed by atoms with Crippen LogP contribution in [-0.2, 0) is 0 Å². The van der Waals surface area contributed by atoms with E-state index in [4.69, 9.17) is 9.84 Å². The molecule has 1 N–H and O–H groups in total. The fourth-order valence-corrected chi connectivity index (χ4v) is 1.56. The SMILES string of the molecule is O=C1CCOc2cc(C#CCCO)ccc21. The highest BCUT2D eigenvalue weighted by Gasteiger charge is 2.17. The van der Waals surface area contributed by atoms with Crippen LogP contribution in [0.2, 0.25) is 0 Å². The van der Waals surface area contributed by atoms with E-state index in [1.54, 1.807) is 18.2 Å². The average Bonchev–Trinajstić information content (AvgIpc) is 2.30. The van der Waals surface area contributed by atoms with Crippen LogP contribution in [-0.4, -0.2) is 24.1 Å². The van der Waals surface area contributed by atoms with Crippen molar-refractivity contribution in [2.75, 3.05) is 13.2 Å². The molecule has 0 atom stereocenters. The molecule has 82 valence electrons. The molecule has 0 amide bonds. The second kappa shape index (κ2) is 4.82. The van der Waals surface area contributed by atoms with Crippen LogP contribution in [0.5, 0.6) is 5.75 Å². The van der Waals surface area contributed by atoms with E-state index in [0.29, 0.717) is 30.8 Å². The van der Waals surface area contributed by atoms with Crippen LogP contribution in [0.1, 0.15) is 28.8 Å². The lowest BCUT2D eigenvalue weighted by atomic mass is 10.0. The summed E-state index contributed by atoms with van der Waals surface area (Å²) in [6.07, 6.45) is 0.902. The normalized spacial score (nSPS) is 13.4. The standard InChI is InChI=1S/C13H12O3/c14-7-2-1-3-10-4-5-11-12(15)6-8-16-13(11)9-10/h4-5,9,14H,2,6-8H2. The van der Waals surface area contributed by atoms with Gasteiger partial charge in [-0.1, -0.05) is 11.8 Å². The van der Waals surface area contributed by atoms with Crippen molar-refractivity contribution in [1.82, 2.24) is 0 Å². The molecule has 3 nitrogen and oxygen atoms in total. The Morgan fingerprint density at radius 1 is 1.44 bits per heavy atom. The quantitative estimate of drug-likeness (QED) is 0.721. The third-order valence-electron chi connectivity index (χ3n) is 2.34. The van der Waals surface area contributed by atoms with Crippen LogP contribution in [0.3, 0.4) is 0 Å². The van der Waals surface area contributed by atoms with Crippen molar-refractivity contribution in [3.8, 4) is 17.6 Å². The van der Waals surface area contributed by atoms with E-state index >= 15 is 0 Å². The Kier molecular flexibility index (Phi) is 3.23. The lowest BCUT2D eigenvalue weighted by Gasteiger charge is -2.15. The summed E-state index contributed by atoms with van der Waals surface area (Å²) < 4.78 is 5.40. The Morgan fingerprint density at radius 3 is 3.12 bits per heavy atom. The van der Waals surface area contributed by atoms with Gasteiger partial charge in [0.15, 0.2) is 5.78 Å². The van der Waals surface area contributed by atoms with Gasteiger partial charge in [-0.2, -0.15) is 0 Å². The van der Waals surface area contributed by atoms with Gasteiger partial charge in [0.05, 0.1) is 18.8 Å². The Morgan fingerprint density at radius 2 is 2.31 bits per heavy atom. The number of rotatable bonds is 1. The Hall–Kier alpha value is -1.79. The largest absolute Gasteiger partial charge is 0.492 e. The first-order valence-corrected chi connectivity index (χ1v) is 5.21. The first-order valence-electron chi connectivity index (χ1n) is 5.21. The molecule has 16 heavy (non-hydrogen) atoms. The molecule has 0 fully saturated rings. The van der Waals surface area contributed by atoms with Crippen molar-refractivity contribution >= 4 is 5.78 Å². The predicted molar refractivity (Wildman–Crippen MR) is 59.5 cm³/mol. The number of ether oxygens (including phenoxy) is 1. The fourth-order valence-electron chi connectivity index (χ4n) is 1.56. The summed E-state index contributed by atoms with van der Waals surface area (Å²) in [5.74, 6) is 6.48. The summed E-state index contributed by atoms with van der Waals surface area (Å²) in [7, 11) is 0. The van der Waals surface area contributed by atoms with Gasteiger partial charge in [0.25, 0.3) is 0 Å². The highest BCUT2D eigenvalue weighted by Crippen LogP contribution is 2.25. The van der Waals surface area contributed by atoms with E-state index in [2.05, 4.69) is 11.8 Å². The van der Waals surface area contributed by atoms with Gasteiger partial charge in [0, 0.05) is 18.4 Å². The molecule has 0 aromatic heterocycles.